The summed E-state index contributed by atoms with van der Waals surface area (Å²) in [5.41, 5.74) is 6.97. The Morgan fingerprint density at radius 2 is 2.15 bits per heavy atom. The van der Waals surface area contributed by atoms with Crippen LogP contribution in [-0.4, -0.2) is 19.6 Å². The molecule has 0 bridgehead atoms. The van der Waals surface area contributed by atoms with Gasteiger partial charge in [-0.25, -0.2) is 4.79 Å². The van der Waals surface area contributed by atoms with Crippen molar-refractivity contribution in [3.63, 3.8) is 0 Å². The van der Waals surface area contributed by atoms with Gasteiger partial charge in [-0.15, -0.1) is 0 Å². The van der Waals surface area contributed by atoms with Crippen LogP contribution in [-0.2, 0) is 11.2 Å². The molecule has 0 aliphatic rings. The predicted molar refractivity (Wildman–Crippen MR) is 50.5 cm³/mol. The maximum atomic E-state index is 11.2. The minimum atomic E-state index is -0.302. The van der Waals surface area contributed by atoms with Crippen molar-refractivity contribution in [2.45, 2.75) is 6.42 Å². The number of benzene rings is 1. The summed E-state index contributed by atoms with van der Waals surface area (Å²) in [5, 5.41) is 0. The zero-order valence-electron chi connectivity index (χ0n) is 7.62. The number of nitrogens with two attached hydrogens (primary N) is 1. The molecule has 0 heterocycles. The van der Waals surface area contributed by atoms with Crippen LogP contribution in [0.3, 0.4) is 0 Å². The van der Waals surface area contributed by atoms with Gasteiger partial charge in [0.2, 0.25) is 0 Å². The van der Waals surface area contributed by atoms with E-state index in [1.807, 2.05) is 18.2 Å². The first-order chi connectivity index (χ1) is 6.29. The van der Waals surface area contributed by atoms with Crippen LogP contribution < -0.4 is 5.73 Å². The lowest BCUT2D eigenvalue weighted by Gasteiger charge is -2.05. The molecule has 0 amide bonds. The summed E-state index contributed by atoms with van der Waals surface area (Å²) in [7, 11) is 1.38. The molecule has 1 aromatic carbocycles. The topological polar surface area (TPSA) is 52.3 Å². The van der Waals surface area contributed by atoms with E-state index in [4.69, 9.17) is 5.73 Å². The molecule has 2 N–H and O–H groups in total. The molecule has 3 nitrogen and oxygen atoms in total. The molecule has 1 aromatic rings. The summed E-state index contributed by atoms with van der Waals surface area (Å²) in [4.78, 5) is 11.2. The first-order valence-electron chi connectivity index (χ1n) is 4.16. The van der Waals surface area contributed by atoms with E-state index < -0.39 is 0 Å². The van der Waals surface area contributed by atoms with Gasteiger partial charge in [0.25, 0.3) is 0 Å². The maximum absolute atomic E-state index is 11.2. The normalized spacial score (nSPS) is 9.69. The minimum Gasteiger partial charge on any atom is -0.465 e. The Hall–Kier alpha value is -1.35. The van der Waals surface area contributed by atoms with Crippen LogP contribution in [0.1, 0.15) is 15.9 Å². The standard InChI is InChI=1S/C10H13NO2/c1-13-10(12)9-5-3-2-4-8(9)6-7-11/h2-5H,6-7,11H2,1H3. The van der Waals surface area contributed by atoms with Crippen molar-refractivity contribution in [3.05, 3.63) is 35.4 Å². The van der Waals surface area contributed by atoms with Gasteiger partial charge in [0.15, 0.2) is 0 Å². The average molecular weight is 179 g/mol. The molecule has 0 unspecified atom stereocenters. The Balaban J connectivity index is 2.97. The Morgan fingerprint density at radius 1 is 1.46 bits per heavy atom. The summed E-state index contributed by atoms with van der Waals surface area (Å²) in [6, 6.07) is 7.33. The Kier molecular flexibility index (Phi) is 3.46. The highest BCUT2D eigenvalue weighted by atomic mass is 16.5. The van der Waals surface area contributed by atoms with E-state index >= 15 is 0 Å². The van der Waals surface area contributed by atoms with Crippen molar-refractivity contribution in [2.75, 3.05) is 13.7 Å². The molecule has 0 aliphatic heterocycles. The summed E-state index contributed by atoms with van der Waals surface area (Å²) >= 11 is 0. The number of hydrogen-bond donors (Lipinski definition) is 1. The highest BCUT2D eigenvalue weighted by Gasteiger charge is 2.09. The molecular weight excluding hydrogens is 166 g/mol. The molecule has 1 rings (SSSR count). The van der Waals surface area contributed by atoms with Crippen LogP contribution in [0.2, 0.25) is 0 Å². The zero-order chi connectivity index (χ0) is 9.68. The molecular formula is C10H13NO2. The molecule has 13 heavy (non-hydrogen) atoms. The Morgan fingerprint density at radius 3 is 2.77 bits per heavy atom. The number of carbonyl (C=O) groups excluding carboxylic acids is 1. The monoisotopic (exact) mass is 179 g/mol. The van der Waals surface area contributed by atoms with Crippen LogP contribution in [0.5, 0.6) is 0 Å². The number of esters is 1. The predicted octanol–water partition coefficient (Wildman–Crippen LogP) is 0.974. The molecule has 0 saturated carbocycles. The van der Waals surface area contributed by atoms with Crippen molar-refractivity contribution < 1.29 is 9.53 Å². The summed E-state index contributed by atoms with van der Waals surface area (Å²) in [6.07, 6.45) is 0.700. The van der Waals surface area contributed by atoms with Gasteiger partial charge in [-0.05, 0) is 24.6 Å². The molecule has 70 valence electrons. The third-order valence-corrected chi connectivity index (χ3v) is 1.84. The zero-order valence-corrected chi connectivity index (χ0v) is 7.62. The van der Waals surface area contributed by atoms with Gasteiger partial charge >= 0.3 is 5.97 Å². The SMILES string of the molecule is COC(=O)c1ccccc1CCN. The third kappa shape index (κ3) is 2.29. The van der Waals surface area contributed by atoms with Crippen LogP contribution in [0, 0.1) is 0 Å². The van der Waals surface area contributed by atoms with Gasteiger partial charge in [0, 0.05) is 0 Å². The third-order valence-electron chi connectivity index (χ3n) is 1.84. The lowest BCUT2D eigenvalue weighted by molar-refractivity contribution is 0.0599. The van der Waals surface area contributed by atoms with E-state index in [1.54, 1.807) is 6.07 Å². The smallest absolute Gasteiger partial charge is 0.338 e. The van der Waals surface area contributed by atoms with Crippen LogP contribution in [0.15, 0.2) is 24.3 Å². The molecule has 0 atom stereocenters. The van der Waals surface area contributed by atoms with Crippen molar-refractivity contribution >= 4 is 5.97 Å². The van der Waals surface area contributed by atoms with Crippen molar-refractivity contribution in [3.8, 4) is 0 Å². The lowest BCUT2D eigenvalue weighted by Crippen LogP contribution is -2.09. The molecule has 0 aliphatic carbocycles. The molecule has 0 saturated heterocycles. The fraction of sp³-hybridized carbons (Fsp3) is 0.300. The van der Waals surface area contributed by atoms with E-state index in [1.165, 1.54) is 7.11 Å². The van der Waals surface area contributed by atoms with E-state index in [2.05, 4.69) is 4.74 Å². The minimum absolute atomic E-state index is 0.302. The average Bonchev–Trinajstić information content (AvgIpc) is 2.18. The first-order valence-corrected chi connectivity index (χ1v) is 4.16. The highest BCUT2D eigenvalue weighted by molar-refractivity contribution is 5.90. The van der Waals surface area contributed by atoms with Crippen LogP contribution in [0.25, 0.3) is 0 Å². The molecule has 0 radical (unpaired) electrons. The second-order valence-corrected chi connectivity index (χ2v) is 2.69. The van der Waals surface area contributed by atoms with Crippen LogP contribution >= 0.6 is 0 Å². The van der Waals surface area contributed by atoms with Crippen molar-refractivity contribution in [1.29, 1.82) is 0 Å². The second-order valence-electron chi connectivity index (χ2n) is 2.69. The summed E-state index contributed by atoms with van der Waals surface area (Å²) < 4.78 is 4.64. The van der Waals surface area contributed by atoms with E-state index in [0.717, 1.165) is 5.56 Å². The van der Waals surface area contributed by atoms with Gasteiger partial charge in [-0.1, -0.05) is 18.2 Å². The van der Waals surface area contributed by atoms with Crippen molar-refractivity contribution in [1.82, 2.24) is 0 Å². The number of methoxy groups -OCH3 is 1. The number of hydrogen-bond acceptors (Lipinski definition) is 3. The Bertz CT molecular complexity index is 297. The molecule has 3 heteroatoms. The molecule has 0 spiro atoms. The van der Waals surface area contributed by atoms with Gasteiger partial charge in [0.05, 0.1) is 12.7 Å². The van der Waals surface area contributed by atoms with E-state index in [9.17, 15) is 4.79 Å². The van der Waals surface area contributed by atoms with Gasteiger partial charge in [-0.3, -0.25) is 0 Å². The molecule has 0 fully saturated rings. The van der Waals surface area contributed by atoms with Gasteiger partial charge < -0.3 is 10.5 Å². The summed E-state index contributed by atoms with van der Waals surface area (Å²) in [5.74, 6) is -0.302. The van der Waals surface area contributed by atoms with Crippen molar-refractivity contribution in [2.24, 2.45) is 5.73 Å². The molecule has 0 aromatic heterocycles. The highest BCUT2D eigenvalue weighted by Crippen LogP contribution is 2.09. The van der Waals surface area contributed by atoms with Gasteiger partial charge in [0.1, 0.15) is 0 Å². The number of ether oxygens (including phenoxy) is 1. The van der Waals surface area contributed by atoms with Crippen LogP contribution in [0.4, 0.5) is 0 Å². The summed E-state index contributed by atoms with van der Waals surface area (Å²) in [6.45, 7) is 0.536. The number of carbonyl (C=O) groups is 1. The lowest BCUT2D eigenvalue weighted by atomic mass is 10.1. The fourth-order valence-electron chi connectivity index (χ4n) is 1.20. The quantitative estimate of drug-likeness (QED) is 0.703. The maximum Gasteiger partial charge on any atom is 0.338 e. The Labute approximate surface area is 77.5 Å². The number of rotatable bonds is 3. The first kappa shape index (κ1) is 9.74. The second kappa shape index (κ2) is 4.62. The van der Waals surface area contributed by atoms with Gasteiger partial charge in [-0.2, -0.15) is 0 Å². The van der Waals surface area contributed by atoms with E-state index in [0.29, 0.717) is 18.5 Å². The largest absolute Gasteiger partial charge is 0.465 e. The van der Waals surface area contributed by atoms with E-state index in [-0.39, 0.29) is 5.97 Å². The fourth-order valence-corrected chi connectivity index (χ4v) is 1.20.